The fraction of sp³-hybridized carbons (Fsp3) is 0.238. The molecular formula is C63H53BN2S2. The SMILES string of the molecule is CC(C)(C)c1ccc(N2B3c4cc5sc6ccccc6c5cc4-n4c5cc6c(cc5c5ccc(c3c54)-c3cc4c(cc32)sc2cc3c(cc24)C(C)(C)CCC3(C)C)C(C)(C)c2ccccc2-6)cc1. The number of aromatic nitrogens is 1. The van der Waals surface area contributed by atoms with Crippen LogP contribution in [0.3, 0.4) is 0 Å². The van der Waals surface area contributed by atoms with Crippen LogP contribution < -0.4 is 15.7 Å². The Labute approximate surface area is 407 Å². The molecule has 0 unspecified atom stereocenters. The highest BCUT2D eigenvalue weighted by atomic mass is 32.1. The molecule has 4 aliphatic rings. The molecule has 0 N–H and O–H groups in total. The number of hydrogen-bond donors (Lipinski definition) is 0. The minimum absolute atomic E-state index is 0.0448. The minimum atomic E-state index is -0.0982. The monoisotopic (exact) mass is 912 g/mol. The zero-order valence-electron chi connectivity index (χ0n) is 40.4. The van der Waals surface area contributed by atoms with Crippen LogP contribution in [0.2, 0.25) is 0 Å². The molecule has 2 aliphatic heterocycles. The summed E-state index contributed by atoms with van der Waals surface area (Å²) in [4.78, 5) is 2.74. The molecule has 11 aromatic rings. The zero-order valence-corrected chi connectivity index (χ0v) is 42.0. The summed E-state index contributed by atoms with van der Waals surface area (Å²) < 4.78 is 8.14. The summed E-state index contributed by atoms with van der Waals surface area (Å²) in [6.07, 6.45) is 2.42. The predicted octanol–water partition coefficient (Wildman–Crippen LogP) is 16.7. The minimum Gasteiger partial charge on any atom is -0.376 e. The lowest BCUT2D eigenvalue weighted by atomic mass is 9.44. The summed E-state index contributed by atoms with van der Waals surface area (Å²) in [5.41, 5.74) is 22.1. The number of fused-ring (bicyclic) bond motifs is 18. The van der Waals surface area contributed by atoms with Crippen molar-refractivity contribution >= 4 is 114 Å². The van der Waals surface area contributed by atoms with E-state index in [1.165, 1.54) is 153 Å². The maximum atomic E-state index is 2.74. The van der Waals surface area contributed by atoms with Crippen molar-refractivity contribution in [2.24, 2.45) is 0 Å². The molecule has 0 fully saturated rings. The van der Waals surface area contributed by atoms with Gasteiger partial charge in [-0.25, -0.2) is 0 Å². The molecular weight excluding hydrogens is 860 g/mol. The maximum absolute atomic E-state index is 2.74. The van der Waals surface area contributed by atoms with Crippen molar-refractivity contribution in [1.82, 2.24) is 4.57 Å². The molecule has 0 radical (unpaired) electrons. The van der Waals surface area contributed by atoms with Gasteiger partial charge in [-0.05, 0) is 151 Å². The second-order valence-corrected chi connectivity index (χ2v) is 25.7. The molecule has 0 saturated carbocycles. The average Bonchev–Trinajstić information content (AvgIpc) is 4.03. The topological polar surface area (TPSA) is 8.17 Å². The summed E-state index contributed by atoms with van der Waals surface area (Å²) in [6.45, 7) is 21.6. The van der Waals surface area contributed by atoms with E-state index >= 15 is 0 Å². The Morgan fingerprint density at radius 1 is 0.485 bits per heavy atom. The lowest BCUT2D eigenvalue weighted by Crippen LogP contribution is -2.60. The van der Waals surface area contributed by atoms with Crippen molar-refractivity contribution in [2.75, 3.05) is 4.81 Å². The van der Waals surface area contributed by atoms with Crippen LogP contribution in [0.4, 0.5) is 11.4 Å². The number of thiophene rings is 2. The largest absolute Gasteiger partial charge is 0.376 e. The highest BCUT2D eigenvalue weighted by molar-refractivity contribution is 7.26. The van der Waals surface area contributed by atoms with Crippen molar-refractivity contribution in [3.8, 4) is 27.9 Å². The van der Waals surface area contributed by atoms with E-state index in [4.69, 9.17) is 0 Å². The van der Waals surface area contributed by atoms with E-state index in [-0.39, 0.29) is 28.5 Å². The van der Waals surface area contributed by atoms with Gasteiger partial charge in [0.15, 0.2) is 0 Å². The molecule has 5 heteroatoms. The van der Waals surface area contributed by atoms with Crippen LogP contribution in [-0.4, -0.2) is 11.4 Å². The molecule has 0 saturated heterocycles. The van der Waals surface area contributed by atoms with Gasteiger partial charge >= 0.3 is 6.85 Å². The normalized spacial score (nSPS) is 17.1. The summed E-state index contributed by atoms with van der Waals surface area (Å²) in [5, 5.41) is 8.13. The van der Waals surface area contributed by atoms with E-state index in [9.17, 15) is 0 Å². The third-order valence-electron chi connectivity index (χ3n) is 17.4. The van der Waals surface area contributed by atoms with Gasteiger partial charge in [-0.2, -0.15) is 0 Å². The van der Waals surface area contributed by atoms with E-state index in [0.29, 0.717) is 0 Å². The van der Waals surface area contributed by atoms with Gasteiger partial charge in [0.1, 0.15) is 0 Å². The summed E-state index contributed by atoms with van der Waals surface area (Å²) >= 11 is 3.92. The molecule has 0 bridgehead atoms. The molecule has 8 aromatic carbocycles. The first-order valence-corrected chi connectivity index (χ1v) is 26.4. The van der Waals surface area contributed by atoms with Gasteiger partial charge in [-0.15, -0.1) is 22.7 Å². The quantitative estimate of drug-likeness (QED) is 0.149. The summed E-state index contributed by atoms with van der Waals surface area (Å²) in [5.74, 6) is 0. The number of hydrogen-bond acceptors (Lipinski definition) is 3. The van der Waals surface area contributed by atoms with Crippen LogP contribution in [0.1, 0.15) is 103 Å². The Balaban J connectivity index is 1.09. The molecule has 2 nitrogen and oxygen atoms in total. The number of nitrogens with zero attached hydrogens (tertiary/aromatic N) is 2. The van der Waals surface area contributed by atoms with Crippen LogP contribution in [0.25, 0.3) is 90.1 Å². The Kier molecular flexibility index (Phi) is 7.46. The van der Waals surface area contributed by atoms with Crippen molar-refractivity contribution in [3.63, 3.8) is 0 Å². The molecule has 2 aliphatic carbocycles. The third kappa shape index (κ3) is 4.99. The lowest BCUT2D eigenvalue weighted by molar-refractivity contribution is 0.332. The van der Waals surface area contributed by atoms with Gasteiger partial charge in [-0.1, -0.05) is 129 Å². The molecule has 330 valence electrons. The van der Waals surface area contributed by atoms with E-state index in [2.05, 4.69) is 205 Å². The smallest absolute Gasteiger partial charge is 0.333 e. The Morgan fingerprint density at radius 2 is 1.15 bits per heavy atom. The predicted molar refractivity (Wildman–Crippen MR) is 297 cm³/mol. The van der Waals surface area contributed by atoms with E-state index in [1.807, 2.05) is 22.7 Å². The molecule has 0 atom stereocenters. The van der Waals surface area contributed by atoms with Crippen LogP contribution in [-0.2, 0) is 21.7 Å². The molecule has 68 heavy (non-hydrogen) atoms. The maximum Gasteiger partial charge on any atom is 0.333 e. The standard InChI is InChI=1S/C63H53BN2S2/c1-60(2,3)34-18-20-35(21-19-34)66-52-33-57-43(44-28-48-49(31-55(44)68-57)62(6,7)25-24-61(48,4)5)26-41(52)38-22-23-39-42-27-47-40(36-14-10-12-16-46(36)63(47,8)9)29-51(42)65-53-30-45-37-15-11-13-17-54(37)67-56(45)32-50(53)64(66)58(38)59(39)65/h10-23,26-33H,24-25H2,1-9H3. The van der Waals surface area contributed by atoms with Gasteiger partial charge in [0.05, 0.1) is 11.0 Å². The fourth-order valence-corrected chi connectivity index (χ4v) is 15.8. The molecule has 15 rings (SSSR count). The van der Waals surface area contributed by atoms with Crippen molar-refractivity contribution in [3.05, 3.63) is 161 Å². The Bertz CT molecular complexity index is 4110. The molecule has 0 spiro atoms. The Hall–Kier alpha value is -6.14. The number of benzene rings is 8. The van der Waals surface area contributed by atoms with E-state index in [1.54, 1.807) is 0 Å². The van der Waals surface area contributed by atoms with Crippen LogP contribution in [0, 0.1) is 0 Å². The first-order valence-electron chi connectivity index (χ1n) is 24.7. The van der Waals surface area contributed by atoms with Crippen LogP contribution >= 0.6 is 22.7 Å². The van der Waals surface area contributed by atoms with Crippen LogP contribution in [0.5, 0.6) is 0 Å². The number of rotatable bonds is 1. The molecule has 3 aromatic heterocycles. The van der Waals surface area contributed by atoms with Gasteiger partial charge in [0, 0.05) is 79.2 Å². The van der Waals surface area contributed by atoms with Gasteiger partial charge in [0.25, 0.3) is 0 Å². The van der Waals surface area contributed by atoms with Crippen molar-refractivity contribution < 1.29 is 0 Å². The van der Waals surface area contributed by atoms with Gasteiger partial charge in [-0.3, -0.25) is 0 Å². The second kappa shape index (κ2) is 12.7. The second-order valence-electron chi connectivity index (χ2n) is 23.5. The first-order chi connectivity index (χ1) is 32.6. The first kappa shape index (κ1) is 39.8. The van der Waals surface area contributed by atoms with E-state index < -0.39 is 0 Å². The van der Waals surface area contributed by atoms with Crippen molar-refractivity contribution in [2.45, 2.75) is 96.8 Å². The van der Waals surface area contributed by atoms with Gasteiger partial charge < -0.3 is 9.38 Å². The van der Waals surface area contributed by atoms with Gasteiger partial charge in [0.2, 0.25) is 0 Å². The fourth-order valence-electron chi connectivity index (χ4n) is 13.5. The lowest BCUT2D eigenvalue weighted by Gasteiger charge is -2.42. The highest BCUT2D eigenvalue weighted by Gasteiger charge is 2.46. The Morgan fingerprint density at radius 3 is 1.94 bits per heavy atom. The zero-order chi connectivity index (χ0) is 46.1. The highest BCUT2D eigenvalue weighted by Crippen LogP contribution is 2.55. The summed E-state index contributed by atoms with van der Waals surface area (Å²) in [7, 11) is 0. The molecule has 0 amide bonds. The van der Waals surface area contributed by atoms with Crippen molar-refractivity contribution in [1.29, 1.82) is 0 Å². The van der Waals surface area contributed by atoms with E-state index in [0.717, 1.165) is 0 Å². The molecule has 5 heterocycles. The third-order valence-corrected chi connectivity index (χ3v) is 19.6. The van der Waals surface area contributed by atoms with Crippen LogP contribution in [0.15, 0.2) is 133 Å². The average molecular weight is 913 g/mol. The summed E-state index contributed by atoms with van der Waals surface area (Å²) in [6, 6.07) is 53.3. The number of anilines is 2.